The van der Waals surface area contributed by atoms with Gasteiger partial charge in [0.05, 0.1) is 13.2 Å². The molecule has 0 radical (unpaired) electrons. The summed E-state index contributed by atoms with van der Waals surface area (Å²) in [5.74, 6) is 1.67. The number of benzene rings is 2. The van der Waals surface area contributed by atoms with Crippen LogP contribution >= 0.6 is 11.3 Å². The summed E-state index contributed by atoms with van der Waals surface area (Å²) in [4.78, 5) is 3.20. The monoisotopic (exact) mass is 446 g/mol. The molecule has 2 aromatic carbocycles. The normalized spacial score (nSPS) is 14.6. The number of hydrogen-bond donors (Lipinski definition) is 1. The zero-order valence-corrected chi connectivity index (χ0v) is 19.0. The van der Waals surface area contributed by atoms with Gasteiger partial charge in [-0.2, -0.15) is 0 Å². The van der Waals surface area contributed by atoms with Crippen LogP contribution in [0.4, 0.5) is 0 Å². The molecule has 0 fully saturated rings. The number of hydrogen-bond acceptors (Lipinski definition) is 6. The van der Waals surface area contributed by atoms with Crippen molar-refractivity contribution in [2.24, 2.45) is 0 Å². The van der Waals surface area contributed by atoms with Crippen LogP contribution in [0.2, 0.25) is 0 Å². The molecule has 0 spiro atoms. The standard InChI is InChI=1S/C25H26N4O2S/c1-17-21(13-19-9-5-3-6-10-19)22-14-28(25(30)31-16-20-11-7-4-8-12-20)15-23-27-26-18(2)29(23)24(22)32-17/h3-12,25,30H,13-16H2,1-2H3. The van der Waals surface area contributed by atoms with E-state index in [0.29, 0.717) is 19.7 Å². The zero-order valence-electron chi connectivity index (χ0n) is 18.2. The van der Waals surface area contributed by atoms with Gasteiger partial charge in [0.25, 0.3) is 0 Å². The summed E-state index contributed by atoms with van der Waals surface area (Å²) in [6.07, 6.45) is -0.194. The van der Waals surface area contributed by atoms with Gasteiger partial charge >= 0.3 is 0 Å². The number of nitrogens with zero attached hydrogens (tertiary/aromatic N) is 4. The Morgan fingerprint density at radius 3 is 2.38 bits per heavy atom. The van der Waals surface area contributed by atoms with Gasteiger partial charge in [-0.25, -0.2) is 4.90 Å². The van der Waals surface area contributed by atoms with Gasteiger partial charge < -0.3 is 9.84 Å². The van der Waals surface area contributed by atoms with Crippen molar-refractivity contribution in [2.75, 3.05) is 0 Å². The topological polar surface area (TPSA) is 63.4 Å². The molecule has 32 heavy (non-hydrogen) atoms. The average molecular weight is 447 g/mol. The highest BCUT2D eigenvalue weighted by molar-refractivity contribution is 7.14. The van der Waals surface area contributed by atoms with Crippen molar-refractivity contribution in [1.82, 2.24) is 19.7 Å². The third-order valence-corrected chi connectivity index (χ3v) is 7.05. The lowest BCUT2D eigenvalue weighted by atomic mass is 10.0. The molecule has 0 saturated carbocycles. The Labute approximate surface area is 191 Å². The first kappa shape index (κ1) is 21.0. The van der Waals surface area contributed by atoms with E-state index in [-0.39, 0.29) is 0 Å². The number of thiophene rings is 1. The Morgan fingerprint density at radius 1 is 0.969 bits per heavy atom. The van der Waals surface area contributed by atoms with Crippen molar-refractivity contribution in [3.63, 3.8) is 0 Å². The van der Waals surface area contributed by atoms with E-state index < -0.39 is 6.41 Å². The van der Waals surface area contributed by atoms with Gasteiger partial charge in [0.15, 0.2) is 5.82 Å². The van der Waals surface area contributed by atoms with E-state index in [2.05, 4.69) is 46.0 Å². The van der Waals surface area contributed by atoms with Crippen molar-refractivity contribution in [3.05, 3.63) is 99.4 Å². The summed E-state index contributed by atoms with van der Waals surface area (Å²) in [5, 5.41) is 20.8. The van der Waals surface area contributed by atoms with Gasteiger partial charge in [-0.05, 0) is 37.0 Å². The maximum atomic E-state index is 11.0. The van der Waals surface area contributed by atoms with Crippen molar-refractivity contribution in [2.45, 2.75) is 46.4 Å². The lowest BCUT2D eigenvalue weighted by Gasteiger charge is -2.26. The summed E-state index contributed by atoms with van der Waals surface area (Å²) >= 11 is 1.77. The predicted octanol–water partition coefficient (Wildman–Crippen LogP) is 4.34. The van der Waals surface area contributed by atoms with Crippen molar-refractivity contribution < 1.29 is 9.84 Å². The molecule has 1 aliphatic heterocycles. The third-order valence-electron chi connectivity index (χ3n) is 5.88. The van der Waals surface area contributed by atoms with Gasteiger partial charge in [0.1, 0.15) is 10.8 Å². The maximum absolute atomic E-state index is 11.0. The number of ether oxygens (including phenoxy) is 1. The smallest absolute Gasteiger partial charge is 0.217 e. The maximum Gasteiger partial charge on any atom is 0.217 e. The zero-order chi connectivity index (χ0) is 22.1. The minimum Gasteiger partial charge on any atom is -0.356 e. The highest BCUT2D eigenvalue weighted by Crippen LogP contribution is 2.37. The molecule has 1 aliphatic rings. The minimum absolute atomic E-state index is 0.344. The third kappa shape index (κ3) is 4.12. The molecule has 0 amide bonds. The van der Waals surface area contributed by atoms with Crippen LogP contribution in [0.5, 0.6) is 0 Å². The second-order valence-electron chi connectivity index (χ2n) is 8.11. The molecular formula is C25H26N4O2S. The first-order valence-electron chi connectivity index (χ1n) is 10.7. The summed E-state index contributed by atoms with van der Waals surface area (Å²) < 4.78 is 7.98. The number of aliphatic hydroxyl groups excluding tert-OH is 1. The van der Waals surface area contributed by atoms with Crippen LogP contribution < -0.4 is 0 Å². The quantitative estimate of drug-likeness (QED) is 0.446. The van der Waals surface area contributed by atoms with Crippen LogP contribution in [-0.2, 0) is 30.9 Å². The van der Waals surface area contributed by atoms with E-state index in [9.17, 15) is 5.11 Å². The Kier molecular flexibility index (Phi) is 5.89. The fourth-order valence-electron chi connectivity index (χ4n) is 4.20. The molecule has 1 N–H and O–H groups in total. The number of aryl methyl sites for hydroxylation is 2. The highest BCUT2D eigenvalue weighted by atomic mass is 32.1. The summed E-state index contributed by atoms with van der Waals surface area (Å²) in [5.41, 5.74) is 4.81. The SMILES string of the molecule is Cc1sc2c(c1Cc1ccccc1)CN(C(O)OCc1ccccc1)Cc1nnc(C)n1-2. The van der Waals surface area contributed by atoms with Crippen LogP contribution in [0.1, 0.15) is 38.8 Å². The van der Waals surface area contributed by atoms with Gasteiger partial charge in [0.2, 0.25) is 6.41 Å². The van der Waals surface area contributed by atoms with Crippen LogP contribution in [0.15, 0.2) is 60.7 Å². The Hall–Kier alpha value is -2.84. The number of rotatable bonds is 6. The molecule has 0 aliphatic carbocycles. The lowest BCUT2D eigenvalue weighted by Crippen LogP contribution is -2.36. The van der Waals surface area contributed by atoms with Crippen molar-refractivity contribution >= 4 is 11.3 Å². The molecular weight excluding hydrogens is 420 g/mol. The van der Waals surface area contributed by atoms with Gasteiger partial charge in [-0.1, -0.05) is 60.7 Å². The molecule has 0 saturated heterocycles. The van der Waals surface area contributed by atoms with Crippen LogP contribution in [-0.4, -0.2) is 31.2 Å². The van der Waals surface area contributed by atoms with Gasteiger partial charge in [-0.15, -0.1) is 21.5 Å². The highest BCUT2D eigenvalue weighted by Gasteiger charge is 2.30. The minimum atomic E-state index is -1.05. The molecule has 1 unspecified atom stereocenters. The van der Waals surface area contributed by atoms with Crippen LogP contribution in [0.3, 0.4) is 0 Å². The lowest BCUT2D eigenvalue weighted by molar-refractivity contribution is -0.207. The van der Waals surface area contributed by atoms with E-state index in [0.717, 1.165) is 28.6 Å². The Bertz CT molecular complexity index is 1200. The molecule has 3 heterocycles. The van der Waals surface area contributed by atoms with E-state index in [1.807, 2.05) is 48.2 Å². The molecule has 0 bridgehead atoms. The molecule has 6 nitrogen and oxygen atoms in total. The second kappa shape index (κ2) is 8.96. The number of aliphatic hydroxyl groups is 1. The Morgan fingerprint density at radius 2 is 1.66 bits per heavy atom. The van der Waals surface area contributed by atoms with Gasteiger partial charge in [-0.3, -0.25) is 4.57 Å². The first-order chi connectivity index (χ1) is 15.6. The summed E-state index contributed by atoms with van der Waals surface area (Å²) in [6, 6.07) is 20.4. The molecule has 4 aromatic rings. The largest absolute Gasteiger partial charge is 0.356 e. The first-order valence-corrected chi connectivity index (χ1v) is 11.6. The molecule has 5 rings (SSSR count). The summed E-state index contributed by atoms with van der Waals surface area (Å²) in [7, 11) is 0. The average Bonchev–Trinajstić information content (AvgIpc) is 3.26. The van der Waals surface area contributed by atoms with E-state index in [1.165, 1.54) is 21.6 Å². The van der Waals surface area contributed by atoms with E-state index >= 15 is 0 Å². The number of fused-ring (bicyclic) bond motifs is 3. The predicted molar refractivity (Wildman–Crippen MR) is 124 cm³/mol. The van der Waals surface area contributed by atoms with Crippen LogP contribution in [0, 0.1) is 13.8 Å². The van der Waals surface area contributed by atoms with E-state index in [4.69, 9.17) is 4.74 Å². The fraction of sp³-hybridized carbons (Fsp3) is 0.280. The van der Waals surface area contributed by atoms with Crippen molar-refractivity contribution in [3.8, 4) is 5.00 Å². The van der Waals surface area contributed by atoms with E-state index in [1.54, 1.807) is 11.3 Å². The Balaban J connectivity index is 1.48. The van der Waals surface area contributed by atoms with Gasteiger partial charge in [0, 0.05) is 17.0 Å². The van der Waals surface area contributed by atoms with Crippen LogP contribution in [0.25, 0.3) is 5.00 Å². The fourth-order valence-corrected chi connectivity index (χ4v) is 5.45. The summed E-state index contributed by atoms with van der Waals surface area (Å²) in [6.45, 7) is 5.53. The molecule has 164 valence electrons. The molecule has 7 heteroatoms. The second-order valence-corrected chi connectivity index (χ2v) is 9.31. The number of aromatic nitrogens is 3. The molecule has 2 aromatic heterocycles. The van der Waals surface area contributed by atoms with Crippen molar-refractivity contribution in [1.29, 1.82) is 0 Å². The molecule has 1 atom stereocenters.